The van der Waals surface area contributed by atoms with Crippen molar-refractivity contribution in [2.45, 2.75) is 25.6 Å². The maximum Gasteiger partial charge on any atom is 0.129 e. The molecule has 1 aromatic carbocycles. The van der Waals surface area contributed by atoms with Crippen LogP contribution in [0.4, 0.5) is 4.39 Å². The Balaban J connectivity index is 2.89. The van der Waals surface area contributed by atoms with Crippen LogP contribution in [0.15, 0.2) is 18.2 Å². The van der Waals surface area contributed by atoms with Crippen LogP contribution in [0.3, 0.4) is 0 Å². The summed E-state index contributed by atoms with van der Waals surface area (Å²) in [6.07, 6.45) is -1.83. The molecular weight excluding hydrogens is 215 g/mol. The number of aliphatic hydroxyl groups is 2. The highest BCUT2D eigenvalue weighted by Gasteiger charge is 2.20. The van der Waals surface area contributed by atoms with E-state index >= 15 is 0 Å². The van der Waals surface area contributed by atoms with Gasteiger partial charge in [-0.05, 0) is 25.2 Å². The maximum atomic E-state index is 13.3. The van der Waals surface area contributed by atoms with Crippen molar-refractivity contribution in [3.63, 3.8) is 0 Å². The predicted molar refractivity (Wildman–Crippen MR) is 60.6 cm³/mol. The molecule has 4 heteroatoms. The lowest BCUT2D eigenvalue weighted by atomic mass is 10.0. The third-order valence-corrected chi connectivity index (χ3v) is 2.52. The van der Waals surface area contributed by atoms with Gasteiger partial charge in [0, 0.05) is 5.56 Å². The first-order valence-electron chi connectivity index (χ1n) is 4.79. The molecule has 0 aromatic heterocycles. The quantitative estimate of drug-likeness (QED) is 0.691. The van der Waals surface area contributed by atoms with Crippen molar-refractivity contribution in [2.24, 2.45) is 0 Å². The van der Waals surface area contributed by atoms with Gasteiger partial charge in [-0.15, -0.1) is 0 Å². The summed E-state index contributed by atoms with van der Waals surface area (Å²) in [4.78, 5) is 0. The zero-order valence-corrected chi connectivity index (χ0v) is 9.41. The minimum Gasteiger partial charge on any atom is -0.390 e. The van der Waals surface area contributed by atoms with Crippen LogP contribution in [-0.4, -0.2) is 22.1 Å². The number of hydrogen-bond acceptors (Lipinski definition) is 3. The van der Waals surface area contributed by atoms with Crippen LogP contribution in [0.5, 0.6) is 0 Å². The van der Waals surface area contributed by atoms with Gasteiger partial charge in [0.2, 0.25) is 0 Å². The second-order valence-electron chi connectivity index (χ2n) is 3.55. The number of benzene rings is 1. The zero-order valence-electron chi connectivity index (χ0n) is 8.52. The van der Waals surface area contributed by atoms with E-state index in [-0.39, 0.29) is 5.56 Å². The lowest BCUT2D eigenvalue weighted by molar-refractivity contribution is 0.0151. The molecule has 1 aromatic rings. The van der Waals surface area contributed by atoms with E-state index in [1.54, 1.807) is 19.1 Å². The number of halogens is 1. The normalized spacial score (nSPS) is 15.0. The summed E-state index contributed by atoms with van der Waals surface area (Å²) in [6.45, 7) is 1.81. The largest absolute Gasteiger partial charge is 0.390 e. The van der Waals surface area contributed by atoms with Gasteiger partial charge in [-0.3, -0.25) is 0 Å². The molecule has 0 amide bonds. The Kier molecular flexibility index (Phi) is 4.57. The molecule has 0 aliphatic carbocycles. The van der Waals surface area contributed by atoms with Crippen LogP contribution in [0.1, 0.15) is 23.7 Å². The fourth-order valence-corrected chi connectivity index (χ4v) is 1.65. The van der Waals surface area contributed by atoms with Crippen LogP contribution >= 0.6 is 12.6 Å². The van der Waals surface area contributed by atoms with Gasteiger partial charge >= 0.3 is 0 Å². The average Bonchev–Trinajstić information content (AvgIpc) is 2.21. The van der Waals surface area contributed by atoms with Crippen molar-refractivity contribution < 1.29 is 14.6 Å². The highest BCUT2D eigenvalue weighted by molar-refractivity contribution is 7.80. The Morgan fingerprint density at radius 2 is 2.07 bits per heavy atom. The van der Waals surface area contributed by atoms with E-state index in [0.29, 0.717) is 12.2 Å². The van der Waals surface area contributed by atoms with Gasteiger partial charge in [0.25, 0.3) is 0 Å². The number of thiol groups is 1. The molecule has 84 valence electrons. The second kappa shape index (κ2) is 5.49. The summed E-state index contributed by atoms with van der Waals surface area (Å²) >= 11 is 3.95. The molecule has 0 fully saturated rings. The summed E-state index contributed by atoms with van der Waals surface area (Å²) in [7, 11) is 0. The van der Waals surface area contributed by atoms with E-state index in [1.165, 1.54) is 6.07 Å². The molecule has 0 saturated carbocycles. The molecule has 0 bridgehead atoms. The zero-order chi connectivity index (χ0) is 11.4. The van der Waals surface area contributed by atoms with E-state index in [2.05, 4.69) is 12.6 Å². The van der Waals surface area contributed by atoms with Crippen molar-refractivity contribution in [3.8, 4) is 0 Å². The van der Waals surface area contributed by atoms with Crippen molar-refractivity contribution in [1.29, 1.82) is 0 Å². The minimum absolute atomic E-state index is 0.143. The topological polar surface area (TPSA) is 40.5 Å². The molecule has 0 radical (unpaired) electrons. The third-order valence-electron chi connectivity index (χ3n) is 2.26. The predicted octanol–water partition coefficient (Wildman–Crippen LogP) is 1.85. The first kappa shape index (κ1) is 12.5. The number of rotatable bonds is 4. The first-order chi connectivity index (χ1) is 7.06. The molecule has 2 nitrogen and oxygen atoms in total. The molecule has 1 rings (SSSR count). The second-order valence-corrected chi connectivity index (χ2v) is 4.00. The van der Waals surface area contributed by atoms with Crippen LogP contribution in [0, 0.1) is 12.7 Å². The molecule has 2 atom stereocenters. The Labute approximate surface area is 94.2 Å². The van der Waals surface area contributed by atoms with Crippen LogP contribution in [0.2, 0.25) is 0 Å². The summed E-state index contributed by atoms with van der Waals surface area (Å²) in [5.74, 6) is -0.0441. The minimum atomic E-state index is -1.18. The van der Waals surface area contributed by atoms with E-state index in [9.17, 15) is 14.6 Å². The van der Waals surface area contributed by atoms with Gasteiger partial charge in [0.15, 0.2) is 0 Å². The van der Waals surface area contributed by atoms with Crippen LogP contribution in [0.25, 0.3) is 0 Å². The SMILES string of the molecule is Cc1ccc(F)c(C(O)C(O)CCS)c1. The van der Waals surface area contributed by atoms with Crippen molar-refractivity contribution in [2.75, 3.05) is 5.75 Å². The fourth-order valence-electron chi connectivity index (χ4n) is 1.39. The average molecular weight is 230 g/mol. The molecule has 0 spiro atoms. The van der Waals surface area contributed by atoms with Crippen molar-refractivity contribution in [1.82, 2.24) is 0 Å². The molecule has 0 aliphatic heterocycles. The molecule has 0 saturated heterocycles. The van der Waals surface area contributed by atoms with E-state index in [0.717, 1.165) is 5.56 Å². The Hall–Kier alpha value is -0.580. The van der Waals surface area contributed by atoms with E-state index in [1.807, 2.05) is 0 Å². The Morgan fingerprint density at radius 3 is 2.67 bits per heavy atom. The molecule has 15 heavy (non-hydrogen) atoms. The van der Waals surface area contributed by atoms with Gasteiger partial charge in [0.05, 0.1) is 6.10 Å². The number of hydrogen-bond donors (Lipinski definition) is 3. The Bertz CT molecular complexity index is 330. The van der Waals surface area contributed by atoms with Crippen LogP contribution in [-0.2, 0) is 0 Å². The summed E-state index contributed by atoms with van der Waals surface area (Å²) in [6, 6.07) is 4.46. The lowest BCUT2D eigenvalue weighted by Gasteiger charge is -2.18. The standard InChI is InChI=1S/C11H15FO2S/c1-7-2-3-9(12)8(6-7)11(14)10(13)4-5-15/h2-3,6,10-11,13-15H,4-5H2,1H3. The molecular formula is C11H15FO2S. The first-order valence-corrected chi connectivity index (χ1v) is 5.42. The summed E-state index contributed by atoms with van der Waals surface area (Å²) in [5, 5.41) is 19.2. The highest BCUT2D eigenvalue weighted by Crippen LogP contribution is 2.23. The molecule has 0 aliphatic rings. The van der Waals surface area contributed by atoms with Crippen molar-refractivity contribution in [3.05, 3.63) is 35.1 Å². The van der Waals surface area contributed by atoms with Gasteiger partial charge in [-0.1, -0.05) is 17.7 Å². The molecule has 2 N–H and O–H groups in total. The maximum absolute atomic E-state index is 13.3. The summed E-state index contributed by atoms with van der Waals surface area (Å²) < 4.78 is 13.3. The van der Waals surface area contributed by atoms with E-state index < -0.39 is 18.0 Å². The van der Waals surface area contributed by atoms with E-state index in [4.69, 9.17) is 0 Å². The molecule has 0 heterocycles. The number of aryl methyl sites for hydroxylation is 1. The van der Waals surface area contributed by atoms with Gasteiger partial charge < -0.3 is 10.2 Å². The summed E-state index contributed by atoms with van der Waals surface area (Å²) in [5.41, 5.74) is 0.993. The smallest absolute Gasteiger partial charge is 0.129 e. The molecule has 2 unspecified atom stereocenters. The van der Waals surface area contributed by atoms with Crippen molar-refractivity contribution >= 4 is 12.6 Å². The van der Waals surface area contributed by atoms with Gasteiger partial charge in [-0.25, -0.2) is 4.39 Å². The number of aliphatic hydroxyl groups excluding tert-OH is 2. The third kappa shape index (κ3) is 3.19. The lowest BCUT2D eigenvalue weighted by Crippen LogP contribution is -2.19. The highest BCUT2D eigenvalue weighted by atomic mass is 32.1. The van der Waals surface area contributed by atoms with Gasteiger partial charge in [0.1, 0.15) is 11.9 Å². The fraction of sp³-hybridized carbons (Fsp3) is 0.455. The van der Waals surface area contributed by atoms with Crippen LogP contribution < -0.4 is 0 Å². The monoisotopic (exact) mass is 230 g/mol. The van der Waals surface area contributed by atoms with Gasteiger partial charge in [-0.2, -0.15) is 12.6 Å². The Morgan fingerprint density at radius 1 is 1.40 bits per heavy atom.